The lowest BCUT2D eigenvalue weighted by atomic mass is 10.1. The van der Waals surface area contributed by atoms with E-state index in [0.717, 1.165) is 17.9 Å². The highest BCUT2D eigenvalue weighted by molar-refractivity contribution is 8.07. The molecule has 1 saturated heterocycles. The van der Waals surface area contributed by atoms with Crippen LogP contribution in [0.5, 0.6) is 0 Å². The molecule has 0 amide bonds. The molecule has 2 unspecified atom stereocenters. The first-order valence-corrected chi connectivity index (χ1v) is 7.69. The van der Waals surface area contributed by atoms with Crippen molar-refractivity contribution in [2.75, 3.05) is 11.5 Å². The van der Waals surface area contributed by atoms with Crippen molar-refractivity contribution in [3.8, 4) is 0 Å². The molecule has 0 aromatic carbocycles. The van der Waals surface area contributed by atoms with Gasteiger partial charge in [0.05, 0.1) is 17.9 Å². The first-order chi connectivity index (χ1) is 7.81. The van der Waals surface area contributed by atoms with Gasteiger partial charge in [0.2, 0.25) is 0 Å². The zero-order valence-electron chi connectivity index (χ0n) is 9.35. The SMILES string of the molecule is CCC1SCCSC1C(=O)Cc1ccco1. The van der Waals surface area contributed by atoms with Crippen molar-refractivity contribution in [2.45, 2.75) is 30.3 Å². The Morgan fingerprint density at radius 3 is 3.00 bits per heavy atom. The third-order valence-corrected chi connectivity index (χ3v) is 5.99. The van der Waals surface area contributed by atoms with Gasteiger partial charge in [-0.05, 0) is 18.6 Å². The fourth-order valence-corrected chi connectivity index (χ4v) is 4.92. The Labute approximate surface area is 105 Å². The highest BCUT2D eigenvalue weighted by atomic mass is 32.2. The van der Waals surface area contributed by atoms with Crippen LogP contribution in [-0.4, -0.2) is 27.8 Å². The Bertz CT molecular complexity index is 335. The predicted molar refractivity (Wildman–Crippen MR) is 70.2 cm³/mol. The van der Waals surface area contributed by atoms with E-state index >= 15 is 0 Å². The number of furan rings is 1. The van der Waals surface area contributed by atoms with Crippen LogP contribution in [0.3, 0.4) is 0 Å². The van der Waals surface area contributed by atoms with Crippen LogP contribution in [0, 0.1) is 0 Å². The molecule has 1 aliphatic heterocycles. The molecule has 4 heteroatoms. The average Bonchev–Trinajstić information content (AvgIpc) is 2.81. The molecule has 16 heavy (non-hydrogen) atoms. The van der Waals surface area contributed by atoms with Crippen LogP contribution in [0.1, 0.15) is 19.1 Å². The topological polar surface area (TPSA) is 30.2 Å². The Morgan fingerprint density at radius 2 is 2.31 bits per heavy atom. The van der Waals surface area contributed by atoms with E-state index in [9.17, 15) is 4.79 Å². The number of hydrogen-bond acceptors (Lipinski definition) is 4. The summed E-state index contributed by atoms with van der Waals surface area (Å²) >= 11 is 3.75. The highest BCUT2D eigenvalue weighted by Crippen LogP contribution is 2.34. The van der Waals surface area contributed by atoms with Gasteiger partial charge < -0.3 is 4.42 Å². The third-order valence-electron chi connectivity index (χ3n) is 2.70. The maximum atomic E-state index is 12.1. The molecular weight excluding hydrogens is 240 g/mol. The molecule has 2 rings (SSSR count). The fourth-order valence-electron chi connectivity index (χ4n) is 1.89. The van der Waals surface area contributed by atoms with Crippen molar-refractivity contribution in [1.82, 2.24) is 0 Å². The summed E-state index contributed by atoms with van der Waals surface area (Å²) in [5, 5.41) is 0.648. The normalized spacial score (nSPS) is 25.6. The summed E-state index contributed by atoms with van der Waals surface area (Å²) in [6.45, 7) is 2.16. The van der Waals surface area contributed by atoms with Gasteiger partial charge in [-0.15, -0.1) is 11.8 Å². The molecule has 2 atom stereocenters. The van der Waals surface area contributed by atoms with Gasteiger partial charge in [0.15, 0.2) is 5.78 Å². The van der Waals surface area contributed by atoms with Gasteiger partial charge >= 0.3 is 0 Å². The standard InChI is InChI=1S/C12H16O2S2/c1-2-11-12(16-7-6-15-11)10(13)8-9-4-3-5-14-9/h3-5,11-12H,2,6-8H2,1H3. The Kier molecular flexibility index (Phi) is 4.41. The van der Waals surface area contributed by atoms with Gasteiger partial charge in [0.1, 0.15) is 5.76 Å². The molecule has 0 bridgehead atoms. The minimum absolute atomic E-state index is 0.161. The van der Waals surface area contributed by atoms with Crippen LogP contribution >= 0.6 is 23.5 Å². The smallest absolute Gasteiger partial charge is 0.154 e. The van der Waals surface area contributed by atoms with Crippen molar-refractivity contribution < 1.29 is 9.21 Å². The summed E-state index contributed by atoms with van der Waals surface area (Å²) in [7, 11) is 0. The van der Waals surface area contributed by atoms with Crippen LogP contribution in [0.2, 0.25) is 0 Å². The van der Waals surface area contributed by atoms with Gasteiger partial charge in [-0.3, -0.25) is 4.79 Å². The summed E-state index contributed by atoms with van der Waals surface area (Å²) in [6, 6.07) is 3.71. The van der Waals surface area contributed by atoms with Gasteiger partial charge in [0.25, 0.3) is 0 Å². The number of rotatable bonds is 4. The first kappa shape index (κ1) is 12.1. The lowest BCUT2D eigenvalue weighted by Crippen LogP contribution is -2.33. The highest BCUT2D eigenvalue weighted by Gasteiger charge is 2.30. The van der Waals surface area contributed by atoms with Crippen LogP contribution in [0.25, 0.3) is 0 Å². The van der Waals surface area contributed by atoms with Gasteiger partial charge in [0, 0.05) is 16.8 Å². The first-order valence-electron chi connectivity index (χ1n) is 5.59. The Balaban J connectivity index is 1.97. The summed E-state index contributed by atoms with van der Waals surface area (Å²) in [5.41, 5.74) is 0. The van der Waals surface area contributed by atoms with E-state index in [4.69, 9.17) is 4.42 Å². The molecule has 2 heterocycles. The molecule has 0 spiro atoms. The third kappa shape index (κ3) is 2.86. The van der Waals surface area contributed by atoms with E-state index in [-0.39, 0.29) is 5.25 Å². The van der Waals surface area contributed by atoms with Crippen LogP contribution < -0.4 is 0 Å². The number of ketones is 1. The van der Waals surface area contributed by atoms with Gasteiger partial charge in [-0.25, -0.2) is 0 Å². The maximum Gasteiger partial charge on any atom is 0.154 e. The quantitative estimate of drug-likeness (QED) is 0.828. The zero-order chi connectivity index (χ0) is 11.4. The van der Waals surface area contributed by atoms with E-state index in [1.165, 1.54) is 5.75 Å². The largest absolute Gasteiger partial charge is 0.469 e. The molecule has 0 N–H and O–H groups in total. The Hall–Kier alpha value is -0.350. The van der Waals surface area contributed by atoms with Crippen molar-refractivity contribution in [1.29, 1.82) is 0 Å². The lowest BCUT2D eigenvalue weighted by molar-refractivity contribution is -0.118. The van der Waals surface area contributed by atoms with Crippen molar-refractivity contribution in [3.05, 3.63) is 24.2 Å². The van der Waals surface area contributed by atoms with Crippen molar-refractivity contribution in [2.24, 2.45) is 0 Å². The Morgan fingerprint density at radius 1 is 1.50 bits per heavy atom. The molecule has 0 radical (unpaired) electrons. The minimum atomic E-state index is 0.161. The van der Waals surface area contributed by atoms with Gasteiger partial charge in [-0.1, -0.05) is 6.92 Å². The summed E-state index contributed by atoms with van der Waals surface area (Å²) in [4.78, 5) is 12.1. The molecule has 1 aromatic rings. The van der Waals surface area contributed by atoms with E-state index < -0.39 is 0 Å². The second-order valence-electron chi connectivity index (χ2n) is 3.83. The molecule has 1 aliphatic rings. The van der Waals surface area contributed by atoms with Gasteiger partial charge in [-0.2, -0.15) is 11.8 Å². The number of thioether (sulfide) groups is 2. The number of carbonyl (C=O) groups excluding carboxylic acids is 1. The van der Waals surface area contributed by atoms with E-state index in [1.54, 1.807) is 6.26 Å². The average molecular weight is 256 g/mol. The van der Waals surface area contributed by atoms with Crippen molar-refractivity contribution >= 4 is 29.3 Å². The fraction of sp³-hybridized carbons (Fsp3) is 0.583. The van der Waals surface area contributed by atoms with E-state index in [2.05, 4.69) is 6.92 Å². The summed E-state index contributed by atoms with van der Waals surface area (Å²) < 4.78 is 5.23. The van der Waals surface area contributed by atoms with Crippen LogP contribution in [0.15, 0.2) is 22.8 Å². The predicted octanol–water partition coefficient (Wildman–Crippen LogP) is 3.02. The van der Waals surface area contributed by atoms with Crippen LogP contribution in [0.4, 0.5) is 0 Å². The van der Waals surface area contributed by atoms with E-state index in [0.29, 0.717) is 17.5 Å². The summed E-state index contributed by atoms with van der Waals surface area (Å²) in [5.74, 6) is 3.37. The van der Waals surface area contributed by atoms with Crippen LogP contribution in [-0.2, 0) is 11.2 Å². The molecule has 1 fully saturated rings. The van der Waals surface area contributed by atoms with Crippen molar-refractivity contribution in [3.63, 3.8) is 0 Å². The summed E-state index contributed by atoms with van der Waals surface area (Å²) in [6.07, 6.45) is 3.15. The molecule has 88 valence electrons. The molecule has 1 aromatic heterocycles. The molecule has 0 aliphatic carbocycles. The zero-order valence-corrected chi connectivity index (χ0v) is 11.0. The minimum Gasteiger partial charge on any atom is -0.469 e. The molecule has 0 saturated carbocycles. The number of hydrogen-bond donors (Lipinski definition) is 0. The number of Topliss-reactive ketones (excluding diaryl/α,β-unsaturated/α-hetero) is 1. The van der Waals surface area contributed by atoms with E-state index in [1.807, 2.05) is 35.7 Å². The molecular formula is C12H16O2S2. The molecule has 2 nitrogen and oxygen atoms in total. The lowest BCUT2D eigenvalue weighted by Gasteiger charge is -2.28. The number of carbonyl (C=O) groups is 1. The second kappa shape index (κ2) is 5.82. The monoisotopic (exact) mass is 256 g/mol. The maximum absolute atomic E-state index is 12.1. The second-order valence-corrected chi connectivity index (χ2v) is 6.43.